The van der Waals surface area contributed by atoms with Gasteiger partial charge in [0, 0.05) is 12.1 Å². The maximum atomic E-state index is 11.3. The number of anilines is 1. The van der Waals surface area contributed by atoms with Crippen molar-refractivity contribution in [3.8, 4) is 17.0 Å². The van der Waals surface area contributed by atoms with Gasteiger partial charge < -0.3 is 10.5 Å². The van der Waals surface area contributed by atoms with E-state index in [1.165, 1.54) is 0 Å². The van der Waals surface area contributed by atoms with Crippen LogP contribution in [0.2, 0.25) is 0 Å². The van der Waals surface area contributed by atoms with Crippen molar-refractivity contribution in [2.75, 3.05) is 12.3 Å². The van der Waals surface area contributed by atoms with Crippen LogP contribution in [0.1, 0.15) is 37.0 Å². The molecular formula is C16H21N3O2. The molecule has 0 aliphatic carbocycles. The minimum atomic E-state index is 0.433. The molecule has 0 bridgehead atoms. The van der Waals surface area contributed by atoms with Gasteiger partial charge in [0.1, 0.15) is 17.3 Å². The van der Waals surface area contributed by atoms with Crippen molar-refractivity contribution in [2.45, 2.75) is 33.2 Å². The van der Waals surface area contributed by atoms with Gasteiger partial charge in [-0.1, -0.05) is 13.3 Å². The number of rotatable bonds is 7. The zero-order valence-corrected chi connectivity index (χ0v) is 12.5. The predicted octanol–water partition coefficient (Wildman–Crippen LogP) is 3.14. The molecule has 1 aromatic heterocycles. The summed E-state index contributed by atoms with van der Waals surface area (Å²) in [4.78, 5) is 11.3. The quantitative estimate of drug-likeness (QED) is 0.794. The molecule has 0 amide bonds. The van der Waals surface area contributed by atoms with Crippen molar-refractivity contribution in [2.24, 2.45) is 0 Å². The normalized spacial score (nSPS) is 10.6. The monoisotopic (exact) mass is 287 g/mol. The largest absolute Gasteiger partial charge is 0.494 e. The number of hydrogen-bond acceptors (Lipinski definition) is 4. The van der Waals surface area contributed by atoms with Gasteiger partial charge >= 0.3 is 0 Å². The molecule has 0 aliphatic rings. The van der Waals surface area contributed by atoms with Crippen molar-refractivity contribution in [1.82, 2.24) is 9.78 Å². The van der Waals surface area contributed by atoms with E-state index in [-0.39, 0.29) is 0 Å². The molecule has 1 heterocycles. The molecule has 0 fully saturated rings. The summed E-state index contributed by atoms with van der Waals surface area (Å²) in [6.07, 6.45) is 2.80. The summed E-state index contributed by atoms with van der Waals surface area (Å²) in [7, 11) is 0. The van der Waals surface area contributed by atoms with Crippen LogP contribution in [0.3, 0.4) is 0 Å². The van der Waals surface area contributed by atoms with E-state index in [9.17, 15) is 4.79 Å². The number of aromatic nitrogens is 2. The predicted molar refractivity (Wildman–Crippen MR) is 83.5 cm³/mol. The van der Waals surface area contributed by atoms with Gasteiger partial charge in [0.25, 0.3) is 0 Å². The average molecular weight is 287 g/mol. The van der Waals surface area contributed by atoms with Gasteiger partial charge in [0.05, 0.1) is 12.2 Å². The van der Waals surface area contributed by atoms with Crippen LogP contribution in [0.5, 0.6) is 5.75 Å². The lowest BCUT2D eigenvalue weighted by atomic mass is 10.1. The molecule has 0 atom stereocenters. The first-order chi connectivity index (χ1) is 10.2. The van der Waals surface area contributed by atoms with Gasteiger partial charge in [-0.2, -0.15) is 5.10 Å². The highest BCUT2D eigenvalue weighted by molar-refractivity contribution is 5.91. The molecule has 0 spiro atoms. The van der Waals surface area contributed by atoms with Crippen molar-refractivity contribution in [1.29, 1.82) is 0 Å². The van der Waals surface area contributed by atoms with E-state index in [1.54, 1.807) is 4.68 Å². The molecule has 5 heteroatoms. The highest BCUT2D eigenvalue weighted by Crippen LogP contribution is 2.27. The van der Waals surface area contributed by atoms with Crippen LogP contribution in [0.4, 0.5) is 5.82 Å². The molecule has 2 N–H and O–H groups in total. The number of nitrogens with zero attached hydrogens (tertiary/aromatic N) is 2. The number of aryl methyl sites for hydroxylation is 1. The Morgan fingerprint density at radius 1 is 1.29 bits per heavy atom. The summed E-state index contributed by atoms with van der Waals surface area (Å²) in [6.45, 7) is 5.39. The maximum Gasteiger partial charge on any atom is 0.156 e. The molecular weight excluding hydrogens is 266 g/mol. The Kier molecular flexibility index (Phi) is 4.98. The van der Waals surface area contributed by atoms with Crippen molar-refractivity contribution in [3.05, 3.63) is 29.8 Å². The highest BCUT2D eigenvalue weighted by atomic mass is 16.5. The van der Waals surface area contributed by atoms with Crippen LogP contribution in [-0.4, -0.2) is 22.7 Å². The molecule has 0 radical (unpaired) electrons. The fraction of sp³-hybridized carbons (Fsp3) is 0.375. The Bertz CT molecular complexity index is 603. The lowest BCUT2D eigenvalue weighted by Gasteiger charge is -2.03. The molecule has 2 rings (SSSR count). The fourth-order valence-electron chi connectivity index (χ4n) is 2.17. The third kappa shape index (κ3) is 3.24. The summed E-state index contributed by atoms with van der Waals surface area (Å²) in [5.41, 5.74) is 7.96. The molecule has 0 unspecified atom stereocenters. The summed E-state index contributed by atoms with van der Waals surface area (Å²) < 4.78 is 7.12. The zero-order chi connectivity index (χ0) is 15.2. The molecule has 0 aliphatic heterocycles. The maximum absolute atomic E-state index is 11.3. The Balaban J connectivity index is 2.35. The smallest absolute Gasteiger partial charge is 0.156 e. The number of ether oxygens (including phenoxy) is 1. The van der Waals surface area contributed by atoms with Gasteiger partial charge in [-0.15, -0.1) is 0 Å². The van der Waals surface area contributed by atoms with Crippen molar-refractivity contribution in [3.63, 3.8) is 0 Å². The fourth-order valence-corrected chi connectivity index (χ4v) is 2.17. The topological polar surface area (TPSA) is 70.1 Å². The van der Waals surface area contributed by atoms with Crippen LogP contribution in [0, 0.1) is 0 Å². The molecule has 2 aromatic rings. The highest BCUT2D eigenvalue weighted by Gasteiger charge is 2.16. The first kappa shape index (κ1) is 15.1. The Labute approximate surface area is 124 Å². The average Bonchev–Trinajstić information content (AvgIpc) is 2.82. The number of aldehydes is 1. The lowest BCUT2D eigenvalue weighted by Crippen LogP contribution is -2.05. The van der Waals surface area contributed by atoms with Crippen LogP contribution in [0.25, 0.3) is 11.3 Å². The number of carbonyl (C=O) groups excluding carboxylic acids is 1. The molecule has 112 valence electrons. The number of nitrogen functional groups attached to an aromatic ring is 1. The minimum Gasteiger partial charge on any atom is -0.494 e. The third-order valence-corrected chi connectivity index (χ3v) is 3.31. The number of unbranched alkanes of at least 4 members (excludes halogenated alkanes) is 1. The standard InChI is InChI=1S/C16H21N3O2/c1-3-5-10-19-16(17)14(11-20)15(18-19)12-6-8-13(9-7-12)21-4-2/h6-9,11H,3-5,10,17H2,1-2H3. The molecule has 0 saturated carbocycles. The summed E-state index contributed by atoms with van der Waals surface area (Å²) >= 11 is 0. The second kappa shape index (κ2) is 6.92. The van der Waals surface area contributed by atoms with Gasteiger partial charge in [0.15, 0.2) is 6.29 Å². The Hall–Kier alpha value is -2.30. The second-order valence-electron chi connectivity index (χ2n) is 4.80. The second-order valence-corrected chi connectivity index (χ2v) is 4.80. The van der Waals surface area contributed by atoms with E-state index in [2.05, 4.69) is 12.0 Å². The molecule has 5 nitrogen and oxygen atoms in total. The van der Waals surface area contributed by atoms with Crippen molar-refractivity contribution < 1.29 is 9.53 Å². The van der Waals surface area contributed by atoms with Crippen LogP contribution >= 0.6 is 0 Å². The third-order valence-electron chi connectivity index (χ3n) is 3.31. The SMILES string of the molecule is CCCCn1nc(-c2ccc(OCC)cc2)c(C=O)c1N. The van der Waals surface area contributed by atoms with Gasteiger partial charge in [-0.3, -0.25) is 4.79 Å². The van der Waals surface area contributed by atoms with Gasteiger partial charge in [-0.25, -0.2) is 4.68 Å². The number of hydrogen-bond donors (Lipinski definition) is 1. The molecule has 21 heavy (non-hydrogen) atoms. The Morgan fingerprint density at radius 2 is 2.00 bits per heavy atom. The van der Waals surface area contributed by atoms with Crippen molar-refractivity contribution >= 4 is 12.1 Å². The number of nitrogens with two attached hydrogens (primary N) is 1. The summed E-state index contributed by atoms with van der Waals surface area (Å²) in [6, 6.07) is 7.52. The summed E-state index contributed by atoms with van der Waals surface area (Å²) in [5.74, 6) is 1.23. The van der Waals surface area contributed by atoms with Crippen LogP contribution in [0.15, 0.2) is 24.3 Å². The first-order valence-electron chi connectivity index (χ1n) is 7.25. The number of benzene rings is 1. The molecule has 1 aromatic carbocycles. The van der Waals surface area contributed by atoms with Crippen LogP contribution < -0.4 is 10.5 Å². The van der Waals surface area contributed by atoms with Crippen LogP contribution in [-0.2, 0) is 6.54 Å². The van der Waals surface area contributed by atoms with E-state index in [1.807, 2.05) is 31.2 Å². The Morgan fingerprint density at radius 3 is 2.57 bits per heavy atom. The first-order valence-corrected chi connectivity index (χ1v) is 7.25. The van der Waals surface area contributed by atoms with E-state index in [0.717, 1.165) is 37.0 Å². The summed E-state index contributed by atoms with van der Waals surface area (Å²) in [5, 5.41) is 4.48. The molecule has 0 saturated heterocycles. The van der Waals surface area contributed by atoms with Gasteiger partial charge in [-0.05, 0) is 37.6 Å². The lowest BCUT2D eigenvalue weighted by molar-refractivity contribution is 0.112. The zero-order valence-electron chi connectivity index (χ0n) is 12.5. The number of carbonyl (C=O) groups is 1. The van der Waals surface area contributed by atoms with E-state index < -0.39 is 0 Å². The minimum absolute atomic E-state index is 0.433. The van der Waals surface area contributed by atoms with E-state index in [0.29, 0.717) is 23.7 Å². The van der Waals surface area contributed by atoms with E-state index in [4.69, 9.17) is 10.5 Å². The van der Waals surface area contributed by atoms with Gasteiger partial charge in [0.2, 0.25) is 0 Å². The van der Waals surface area contributed by atoms with E-state index >= 15 is 0 Å².